The van der Waals surface area contributed by atoms with Gasteiger partial charge in [0, 0.05) is 30.9 Å². The molecule has 1 amide bonds. The number of oxazole rings is 1. The van der Waals surface area contributed by atoms with Crippen molar-refractivity contribution in [3.63, 3.8) is 0 Å². The Balaban J connectivity index is 1.71. The Hall–Kier alpha value is -1.66. The molecule has 0 radical (unpaired) electrons. The number of ether oxygens (including phenoxy) is 1. The summed E-state index contributed by atoms with van der Waals surface area (Å²) in [7, 11) is 0. The lowest BCUT2D eigenvalue weighted by Crippen LogP contribution is -2.30. The molecule has 1 fully saturated rings. The number of amides is 1. The highest BCUT2D eigenvalue weighted by atomic mass is 32.1. The Kier molecular flexibility index (Phi) is 4.07. The lowest BCUT2D eigenvalue weighted by molar-refractivity contribution is -0.122. The van der Waals surface area contributed by atoms with E-state index in [4.69, 9.17) is 21.4 Å². The summed E-state index contributed by atoms with van der Waals surface area (Å²) in [6.45, 7) is 3.47. The second-order valence-electron chi connectivity index (χ2n) is 5.45. The van der Waals surface area contributed by atoms with E-state index in [9.17, 15) is 4.79 Å². The molecular weight excluding hydrogens is 288 g/mol. The van der Waals surface area contributed by atoms with E-state index < -0.39 is 0 Å². The second-order valence-corrected chi connectivity index (χ2v) is 5.82. The van der Waals surface area contributed by atoms with Crippen LogP contribution in [0.1, 0.15) is 19.8 Å². The van der Waals surface area contributed by atoms with Crippen LogP contribution in [0.4, 0.5) is 5.69 Å². The average Bonchev–Trinajstić information content (AvgIpc) is 2.86. The maximum Gasteiger partial charge on any atom is 0.266 e. The Morgan fingerprint density at radius 1 is 1.43 bits per heavy atom. The van der Waals surface area contributed by atoms with E-state index in [1.165, 1.54) is 0 Å². The SMILES string of the molecule is C[C@@H](C(=O)Nc1ccc2[nH]c(=S)oc2c1)C1CCOCC1. The largest absolute Gasteiger partial charge is 0.429 e. The first-order valence-corrected chi connectivity index (χ1v) is 7.56. The zero-order valence-corrected chi connectivity index (χ0v) is 12.7. The molecule has 0 aliphatic carbocycles. The van der Waals surface area contributed by atoms with Crippen molar-refractivity contribution in [1.29, 1.82) is 0 Å². The maximum atomic E-state index is 12.3. The van der Waals surface area contributed by atoms with Crippen molar-refractivity contribution >= 4 is 34.9 Å². The van der Waals surface area contributed by atoms with Crippen molar-refractivity contribution in [2.75, 3.05) is 18.5 Å². The van der Waals surface area contributed by atoms with E-state index in [2.05, 4.69) is 10.3 Å². The lowest BCUT2D eigenvalue weighted by atomic mass is 9.87. The molecule has 0 spiro atoms. The summed E-state index contributed by atoms with van der Waals surface area (Å²) >= 11 is 4.95. The summed E-state index contributed by atoms with van der Waals surface area (Å²) in [6.07, 6.45) is 1.89. The highest BCUT2D eigenvalue weighted by Crippen LogP contribution is 2.25. The predicted molar refractivity (Wildman–Crippen MR) is 82.7 cm³/mol. The molecule has 0 unspecified atom stereocenters. The van der Waals surface area contributed by atoms with Crippen molar-refractivity contribution in [3.05, 3.63) is 23.0 Å². The van der Waals surface area contributed by atoms with Gasteiger partial charge in [-0.2, -0.15) is 0 Å². The van der Waals surface area contributed by atoms with Gasteiger partial charge >= 0.3 is 0 Å². The number of aromatic amines is 1. The molecule has 1 aliphatic rings. The van der Waals surface area contributed by atoms with Crippen LogP contribution in [0.3, 0.4) is 0 Å². The Morgan fingerprint density at radius 2 is 2.19 bits per heavy atom. The number of benzene rings is 1. The second kappa shape index (κ2) is 5.99. The number of anilines is 1. The summed E-state index contributed by atoms with van der Waals surface area (Å²) < 4.78 is 10.7. The summed E-state index contributed by atoms with van der Waals surface area (Å²) in [5.41, 5.74) is 2.20. The third-order valence-electron chi connectivity index (χ3n) is 4.08. The van der Waals surface area contributed by atoms with Gasteiger partial charge in [0.05, 0.1) is 5.52 Å². The molecule has 1 aliphatic heterocycles. The average molecular weight is 306 g/mol. The molecule has 0 saturated carbocycles. The van der Waals surface area contributed by atoms with Crippen molar-refractivity contribution in [2.24, 2.45) is 11.8 Å². The molecule has 1 aromatic carbocycles. The van der Waals surface area contributed by atoms with Crippen LogP contribution >= 0.6 is 12.2 Å². The van der Waals surface area contributed by atoms with Crippen LogP contribution in [-0.2, 0) is 9.53 Å². The lowest BCUT2D eigenvalue weighted by Gasteiger charge is -2.26. The van der Waals surface area contributed by atoms with Gasteiger partial charge in [0.2, 0.25) is 5.91 Å². The van der Waals surface area contributed by atoms with Crippen LogP contribution in [0.25, 0.3) is 11.1 Å². The van der Waals surface area contributed by atoms with Crippen LogP contribution < -0.4 is 5.32 Å². The van der Waals surface area contributed by atoms with Gasteiger partial charge in [-0.05, 0) is 43.1 Å². The molecule has 1 atom stereocenters. The van der Waals surface area contributed by atoms with Gasteiger partial charge in [0.15, 0.2) is 5.58 Å². The molecule has 5 nitrogen and oxygen atoms in total. The molecule has 1 aromatic heterocycles. The first-order chi connectivity index (χ1) is 10.1. The van der Waals surface area contributed by atoms with Gasteiger partial charge in [0.25, 0.3) is 4.84 Å². The van der Waals surface area contributed by atoms with Crippen LogP contribution in [0.5, 0.6) is 0 Å². The predicted octanol–water partition coefficient (Wildman–Crippen LogP) is 3.49. The van der Waals surface area contributed by atoms with E-state index in [1.54, 1.807) is 6.07 Å². The molecule has 2 heterocycles. The molecule has 1 saturated heterocycles. The molecular formula is C15H18N2O3S. The molecule has 2 aromatic rings. The highest BCUT2D eigenvalue weighted by Gasteiger charge is 2.26. The van der Waals surface area contributed by atoms with Crippen LogP contribution in [0, 0.1) is 16.7 Å². The number of hydrogen-bond donors (Lipinski definition) is 2. The minimum Gasteiger partial charge on any atom is -0.429 e. The van der Waals surface area contributed by atoms with Gasteiger partial charge in [0.1, 0.15) is 0 Å². The van der Waals surface area contributed by atoms with E-state index in [-0.39, 0.29) is 11.8 Å². The summed E-state index contributed by atoms with van der Waals surface area (Å²) in [6, 6.07) is 5.48. The maximum absolute atomic E-state index is 12.3. The van der Waals surface area contributed by atoms with E-state index in [0.29, 0.717) is 16.3 Å². The first-order valence-electron chi connectivity index (χ1n) is 7.15. The molecule has 0 bridgehead atoms. The highest BCUT2D eigenvalue weighted by molar-refractivity contribution is 7.71. The topological polar surface area (TPSA) is 67.3 Å². The number of aromatic nitrogens is 1. The fourth-order valence-electron chi connectivity index (χ4n) is 2.71. The van der Waals surface area contributed by atoms with Crippen LogP contribution in [-0.4, -0.2) is 24.1 Å². The number of nitrogens with one attached hydrogen (secondary N) is 2. The summed E-state index contributed by atoms with van der Waals surface area (Å²) in [5.74, 6) is 0.399. The quantitative estimate of drug-likeness (QED) is 0.852. The zero-order chi connectivity index (χ0) is 14.8. The number of carbonyl (C=O) groups excluding carboxylic acids is 1. The van der Waals surface area contributed by atoms with Crippen LogP contribution in [0.15, 0.2) is 22.6 Å². The third kappa shape index (κ3) is 3.16. The molecule has 3 rings (SSSR count). The molecule has 6 heteroatoms. The van der Waals surface area contributed by atoms with Crippen molar-refractivity contribution in [3.8, 4) is 0 Å². The Morgan fingerprint density at radius 3 is 2.95 bits per heavy atom. The van der Waals surface area contributed by atoms with Crippen molar-refractivity contribution in [1.82, 2.24) is 4.98 Å². The first kappa shape index (κ1) is 14.3. The molecule has 112 valence electrons. The van der Waals surface area contributed by atoms with Gasteiger partial charge in [-0.3, -0.25) is 4.79 Å². The minimum absolute atomic E-state index is 0.0257. The standard InChI is InChI=1S/C15H18N2O3S/c1-9(10-4-6-19-7-5-10)14(18)16-11-2-3-12-13(8-11)20-15(21)17-12/h2-3,8-10H,4-7H2,1H3,(H,16,18)(H,17,21)/t9-/m1/s1. The fraction of sp³-hybridized carbons (Fsp3) is 0.467. The third-order valence-corrected chi connectivity index (χ3v) is 4.26. The number of H-pyrrole nitrogens is 1. The smallest absolute Gasteiger partial charge is 0.266 e. The summed E-state index contributed by atoms with van der Waals surface area (Å²) in [5, 5.41) is 2.95. The zero-order valence-electron chi connectivity index (χ0n) is 11.8. The molecule has 2 N–H and O–H groups in total. The van der Waals surface area contributed by atoms with Gasteiger partial charge in [-0.15, -0.1) is 0 Å². The number of fused-ring (bicyclic) bond motifs is 1. The van der Waals surface area contributed by atoms with E-state index >= 15 is 0 Å². The normalized spacial score (nSPS) is 17.8. The number of hydrogen-bond acceptors (Lipinski definition) is 4. The number of carbonyl (C=O) groups is 1. The number of rotatable bonds is 3. The summed E-state index contributed by atoms with van der Waals surface area (Å²) in [4.78, 5) is 15.6. The van der Waals surface area contributed by atoms with Crippen molar-refractivity contribution in [2.45, 2.75) is 19.8 Å². The molecule has 21 heavy (non-hydrogen) atoms. The van der Waals surface area contributed by atoms with Crippen molar-refractivity contribution < 1.29 is 13.9 Å². The van der Waals surface area contributed by atoms with Crippen LogP contribution in [0.2, 0.25) is 0 Å². The monoisotopic (exact) mass is 306 g/mol. The van der Waals surface area contributed by atoms with E-state index in [1.807, 2.05) is 19.1 Å². The van der Waals surface area contributed by atoms with Gasteiger partial charge in [-0.1, -0.05) is 6.92 Å². The fourth-order valence-corrected chi connectivity index (χ4v) is 2.91. The van der Waals surface area contributed by atoms with Gasteiger partial charge in [-0.25, -0.2) is 0 Å². The Labute approximate surface area is 127 Å². The Bertz CT molecular complexity index is 700. The van der Waals surface area contributed by atoms with Gasteiger partial charge < -0.3 is 19.5 Å². The van der Waals surface area contributed by atoms with E-state index in [0.717, 1.165) is 37.3 Å². The minimum atomic E-state index is -0.0257.